The number of nitrogens with one attached hydrogen (secondary N) is 2. The second kappa shape index (κ2) is 8.10. The summed E-state index contributed by atoms with van der Waals surface area (Å²) in [6.45, 7) is 4.17. The average Bonchev–Trinajstić information content (AvgIpc) is 2.60. The van der Waals surface area contributed by atoms with Crippen LogP contribution < -0.4 is 10.0 Å². The molecule has 1 unspecified atom stereocenters. The molecular weight excluding hydrogens is 362 g/mol. The molecule has 27 heavy (non-hydrogen) atoms. The van der Waals surface area contributed by atoms with Crippen molar-refractivity contribution in [2.45, 2.75) is 18.4 Å². The van der Waals surface area contributed by atoms with Crippen LogP contribution in [-0.4, -0.2) is 39.4 Å². The highest BCUT2D eigenvalue weighted by atomic mass is 32.2. The second-order valence-corrected chi connectivity index (χ2v) is 8.70. The minimum Gasteiger partial charge on any atom is -0.341 e. The SMILES string of the molecule is CC(C(=O)N(C)Cc1cccc(NS(=O)(=O)c2ccccc2)c1)C1CNC1. The minimum atomic E-state index is -3.63. The lowest BCUT2D eigenvalue weighted by molar-refractivity contribution is -0.136. The second-order valence-electron chi connectivity index (χ2n) is 7.02. The number of benzene rings is 2. The van der Waals surface area contributed by atoms with E-state index < -0.39 is 10.0 Å². The van der Waals surface area contributed by atoms with Crippen LogP contribution in [0.15, 0.2) is 59.5 Å². The molecule has 0 saturated carbocycles. The van der Waals surface area contributed by atoms with Crippen molar-refractivity contribution in [1.29, 1.82) is 0 Å². The molecule has 1 heterocycles. The van der Waals surface area contributed by atoms with Gasteiger partial charge in [-0.2, -0.15) is 0 Å². The lowest BCUT2D eigenvalue weighted by atomic mass is 9.88. The molecular formula is C20H25N3O3S. The predicted molar refractivity (Wildman–Crippen MR) is 106 cm³/mol. The Bertz CT molecular complexity index is 896. The van der Waals surface area contributed by atoms with Gasteiger partial charge in [0.2, 0.25) is 5.91 Å². The zero-order valence-corrected chi connectivity index (χ0v) is 16.4. The lowest BCUT2D eigenvalue weighted by Crippen LogP contribution is -2.49. The van der Waals surface area contributed by atoms with Gasteiger partial charge in [-0.25, -0.2) is 8.42 Å². The predicted octanol–water partition coefficient (Wildman–Crippen LogP) is 2.30. The Morgan fingerprint density at radius 3 is 2.52 bits per heavy atom. The quantitative estimate of drug-likeness (QED) is 0.764. The molecule has 1 aliphatic rings. The van der Waals surface area contributed by atoms with Gasteiger partial charge in [-0.15, -0.1) is 0 Å². The maximum absolute atomic E-state index is 12.6. The summed E-state index contributed by atoms with van der Waals surface area (Å²) in [5.41, 5.74) is 1.35. The van der Waals surface area contributed by atoms with E-state index in [1.54, 1.807) is 60.5 Å². The number of amides is 1. The van der Waals surface area contributed by atoms with E-state index in [-0.39, 0.29) is 16.7 Å². The Hall–Kier alpha value is -2.38. The molecule has 0 aliphatic carbocycles. The normalized spacial score (nSPS) is 15.6. The smallest absolute Gasteiger partial charge is 0.261 e. The largest absolute Gasteiger partial charge is 0.341 e. The van der Waals surface area contributed by atoms with Crippen LogP contribution in [-0.2, 0) is 21.4 Å². The third-order valence-corrected chi connectivity index (χ3v) is 6.34. The molecule has 2 aromatic rings. The van der Waals surface area contributed by atoms with E-state index >= 15 is 0 Å². The number of carbonyl (C=O) groups excluding carboxylic acids is 1. The van der Waals surface area contributed by atoms with E-state index in [1.165, 1.54) is 0 Å². The van der Waals surface area contributed by atoms with Gasteiger partial charge in [-0.05, 0) is 48.8 Å². The average molecular weight is 388 g/mol. The fourth-order valence-electron chi connectivity index (χ4n) is 3.11. The molecule has 1 amide bonds. The van der Waals surface area contributed by atoms with E-state index in [1.807, 2.05) is 13.0 Å². The monoisotopic (exact) mass is 387 g/mol. The fraction of sp³-hybridized carbons (Fsp3) is 0.350. The van der Waals surface area contributed by atoms with E-state index in [2.05, 4.69) is 10.0 Å². The molecule has 7 heteroatoms. The van der Waals surface area contributed by atoms with Gasteiger partial charge in [0.05, 0.1) is 4.90 Å². The number of rotatable bonds is 7. The van der Waals surface area contributed by atoms with Crippen LogP contribution in [0, 0.1) is 11.8 Å². The van der Waals surface area contributed by atoms with E-state index in [9.17, 15) is 13.2 Å². The van der Waals surface area contributed by atoms with Gasteiger partial charge in [0, 0.05) is 25.2 Å². The van der Waals surface area contributed by atoms with Crippen LogP contribution in [0.3, 0.4) is 0 Å². The summed E-state index contributed by atoms with van der Waals surface area (Å²) in [4.78, 5) is 14.5. The highest BCUT2D eigenvalue weighted by Crippen LogP contribution is 2.21. The van der Waals surface area contributed by atoms with Crippen molar-refractivity contribution in [1.82, 2.24) is 10.2 Å². The van der Waals surface area contributed by atoms with Gasteiger partial charge < -0.3 is 10.2 Å². The lowest BCUT2D eigenvalue weighted by Gasteiger charge is -2.34. The van der Waals surface area contributed by atoms with Crippen molar-refractivity contribution in [2.24, 2.45) is 11.8 Å². The van der Waals surface area contributed by atoms with Crippen molar-refractivity contribution in [3.63, 3.8) is 0 Å². The number of nitrogens with zero attached hydrogens (tertiary/aromatic N) is 1. The Labute approximate surface area is 160 Å². The van der Waals surface area contributed by atoms with E-state index in [4.69, 9.17) is 0 Å². The summed E-state index contributed by atoms with van der Waals surface area (Å²) in [5, 5.41) is 3.19. The molecule has 2 N–H and O–H groups in total. The first-order valence-corrected chi connectivity index (χ1v) is 10.5. The molecule has 6 nitrogen and oxygen atoms in total. The number of hydrogen-bond donors (Lipinski definition) is 2. The van der Waals surface area contributed by atoms with Crippen molar-refractivity contribution in [2.75, 3.05) is 24.9 Å². The number of anilines is 1. The molecule has 1 fully saturated rings. The zero-order valence-electron chi connectivity index (χ0n) is 15.6. The highest BCUT2D eigenvalue weighted by Gasteiger charge is 2.30. The third kappa shape index (κ3) is 4.67. The zero-order chi connectivity index (χ0) is 19.4. The van der Waals surface area contributed by atoms with Gasteiger partial charge in [0.15, 0.2) is 0 Å². The van der Waals surface area contributed by atoms with Crippen LogP contribution >= 0.6 is 0 Å². The minimum absolute atomic E-state index is 0.0176. The van der Waals surface area contributed by atoms with Crippen molar-refractivity contribution >= 4 is 21.6 Å². The Kier molecular flexibility index (Phi) is 5.82. The van der Waals surface area contributed by atoms with Gasteiger partial charge in [0.25, 0.3) is 10.0 Å². The first-order chi connectivity index (χ1) is 12.9. The standard InChI is InChI=1S/C20H25N3O3S/c1-15(17-12-21-13-17)20(24)23(2)14-16-7-6-8-18(11-16)22-27(25,26)19-9-4-3-5-10-19/h3-11,15,17,21-22H,12-14H2,1-2H3. The summed E-state index contributed by atoms with van der Waals surface area (Å²) in [5.74, 6) is 0.483. The first kappa shape index (κ1) is 19.4. The van der Waals surface area contributed by atoms with Crippen molar-refractivity contribution < 1.29 is 13.2 Å². The molecule has 3 rings (SSSR count). The Balaban J connectivity index is 1.67. The highest BCUT2D eigenvalue weighted by molar-refractivity contribution is 7.92. The van der Waals surface area contributed by atoms with Crippen LogP contribution in [0.1, 0.15) is 12.5 Å². The number of hydrogen-bond acceptors (Lipinski definition) is 4. The molecule has 2 aromatic carbocycles. The summed E-state index contributed by atoms with van der Waals surface area (Å²) < 4.78 is 27.5. The molecule has 0 spiro atoms. The van der Waals surface area contributed by atoms with E-state index in [0.717, 1.165) is 18.7 Å². The maximum atomic E-state index is 12.6. The summed E-state index contributed by atoms with van der Waals surface area (Å²) in [6.07, 6.45) is 0. The molecule has 1 saturated heterocycles. The molecule has 0 radical (unpaired) electrons. The topological polar surface area (TPSA) is 78.5 Å². The third-order valence-electron chi connectivity index (χ3n) is 4.94. The van der Waals surface area contributed by atoms with Crippen LogP contribution in [0.5, 0.6) is 0 Å². The van der Waals surface area contributed by atoms with Gasteiger partial charge in [0.1, 0.15) is 0 Å². The first-order valence-electron chi connectivity index (χ1n) is 8.99. The summed E-state index contributed by atoms with van der Waals surface area (Å²) >= 11 is 0. The summed E-state index contributed by atoms with van der Waals surface area (Å²) in [6, 6.07) is 15.4. The Morgan fingerprint density at radius 1 is 1.19 bits per heavy atom. The van der Waals surface area contributed by atoms with Crippen LogP contribution in [0.4, 0.5) is 5.69 Å². The molecule has 0 bridgehead atoms. The van der Waals surface area contributed by atoms with E-state index in [0.29, 0.717) is 18.2 Å². The molecule has 144 valence electrons. The number of carbonyl (C=O) groups is 1. The summed E-state index contributed by atoms with van der Waals surface area (Å²) in [7, 11) is -1.85. The Morgan fingerprint density at radius 2 is 1.89 bits per heavy atom. The van der Waals surface area contributed by atoms with Gasteiger partial charge in [-0.1, -0.05) is 37.3 Å². The maximum Gasteiger partial charge on any atom is 0.261 e. The van der Waals surface area contributed by atoms with Crippen LogP contribution in [0.25, 0.3) is 0 Å². The fourth-order valence-corrected chi connectivity index (χ4v) is 4.18. The van der Waals surface area contributed by atoms with Crippen LogP contribution in [0.2, 0.25) is 0 Å². The number of sulfonamides is 1. The van der Waals surface area contributed by atoms with Crippen molar-refractivity contribution in [3.8, 4) is 0 Å². The van der Waals surface area contributed by atoms with Gasteiger partial charge in [-0.3, -0.25) is 9.52 Å². The molecule has 0 aromatic heterocycles. The molecule has 1 atom stereocenters. The van der Waals surface area contributed by atoms with Crippen molar-refractivity contribution in [3.05, 3.63) is 60.2 Å². The molecule has 1 aliphatic heterocycles. The van der Waals surface area contributed by atoms with Gasteiger partial charge >= 0.3 is 0 Å².